The van der Waals surface area contributed by atoms with Gasteiger partial charge in [-0.25, -0.2) is 0 Å². The van der Waals surface area contributed by atoms with Crippen molar-refractivity contribution >= 4 is 50.6 Å². The molecule has 0 radical (unpaired) electrons. The molecule has 1 N–H and O–H groups in total. The van der Waals surface area contributed by atoms with Crippen molar-refractivity contribution in [1.82, 2.24) is 15.2 Å². The molecule has 0 spiro atoms. The van der Waals surface area contributed by atoms with Crippen molar-refractivity contribution < 1.29 is 0 Å². The molecule has 0 unspecified atom stereocenters. The summed E-state index contributed by atoms with van der Waals surface area (Å²) >= 11 is 15.1. The molecule has 0 saturated heterocycles. The minimum Gasteiger partial charge on any atom is -0.337 e. The molecule has 0 aliphatic rings. The monoisotopic (exact) mass is 346 g/mol. The van der Waals surface area contributed by atoms with E-state index in [4.69, 9.17) is 23.2 Å². The van der Waals surface area contributed by atoms with Gasteiger partial charge in [-0.3, -0.25) is 0 Å². The molecule has 0 atom stereocenters. The third kappa shape index (κ3) is 2.91. The second kappa shape index (κ2) is 5.38. The predicted octanol–water partition coefficient (Wildman–Crippen LogP) is 4.30. The van der Waals surface area contributed by atoms with E-state index >= 15 is 0 Å². The van der Waals surface area contributed by atoms with Crippen molar-refractivity contribution in [2.24, 2.45) is 0 Å². The van der Waals surface area contributed by atoms with Gasteiger partial charge in [-0.05, 0) is 48.7 Å². The molecular weight excluding hydrogens is 339 g/mol. The molecule has 0 amide bonds. The topological polar surface area (TPSA) is 50.7 Å². The van der Waals surface area contributed by atoms with Crippen LogP contribution in [0, 0.1) is 13.8 Å². The number of hydrogen-bond acceptors (Lipinski definition) is 4. The molecule has 4 nitrogen and oxygen atoms in total. The van der Waals surface area contributed by atoms with Crippen molar-refractivity contribution in [3.05, 3.63) is 38.2 Å². The highest BCUT2D eigenvalue weighted by Gasteiger charge is 2.10. The van der Waals surface area contributed by atoms with Crippen LogP contribution in [0.3, 0.4) is 0 Å². The summed E-state index contributed by atoms with van der Waals surface area (Å²) in [5.41, 5.74) is 3.05. The van der Waals surface area contributed by atoms with Crippen LogP contribution >= 0.6 is 39.1 Å². The Bertz CT molecular complexity index is 581. The van der Waals surface area contributed by atoms with E-state index in [1.165, 1.54) is 0 Å². The Kier molecular flexibility index (Phi) is 4.04. The van der Waals surface area contributed by atoms with E-state index in [2.05, 4.69) is 36.4 Å². The Morgan fingerprint density at radius 1 is 1.11 bits per heavy atom. The number of nitrogens with zero attached hydrogens (tertiary/aromatic N) is 3. The van der Waals surface area contributed by atoms with Gasteiger partial charge in [0.2, 0.25) is 5.28 Å². The van der Waals surface area contributed by atoms with Crippen molar-refractivity contribution in [3.8, 4) is 0 Å². The Morgan fingerprint density at radius 2 is 1.72 bits per heavy atom. The number of aryl methyl sites for hydroxylation is 2. The molecule has 2 aromatic rings. The van der Waals surface area contributed by atoms with Crippen LogP contribution in [0.15, 0.2) is 16.6 Å². The largest absolute Gasteiger partial charge is 0.337 e. The average molecular weight is 348 g/mol. The standard InChI is InChI=1S/C11H9BrCl2N4/c1-5-3-7(12)4-6(2)8(5)15-10-9(13)17-18-11(14)16-10/h3-4H,1-2H3,(H,15,16,18). The van der Waals surface area contributed by atoms with E-state index in [9.17, 15) is 0 Å². The van der Waals surface area contributed by atoms with Crippen molar-refractivity contribution in [3.63, 3.8) is 0 Å². The Labute approximate surface area is 123 Å². The maximum Gasteiger partial charge on any atom is 0.245 e. The van der Waals surface area contributed by atoms with Crippen molar-refractivity contribution in [2.75, 3.05) is 5.32 Å². The fourth-order valence-corrected chi connectivity index (χ4v) is 2.54. The van der Waals surface area contributed by atoms with E-state index in [1.54, 1.807) is 0 Å². The summed E-state index contributed by atoms with van der Waals surface area (Å²) in [6.45, 7) is 3.98. The van der Waals surface area contributed by atoms with E-state index < -0.39 is 0 Å². The normalized spacial score (nSPS) is 10.5. The summed E-state index contributed by atoms with van der Waals surface area (Å²) in [5.74, 6) is 0.394. The average Bonchev–Trinajstić information content (AvgIpc) is 2.28. The molecule has 0 fully saturated rings. The molecule has 0 aliphatic carbocycles. The van der Waals surface area contributed by atoms with Gasteiger partial charge in [0.25, 0.3) is 0 Å². The van der Waals surface area contributed by atoms with Crippen LogP contribution in [0.25, 0.3) is 0 Å². The molecule has 18 heavy (non-hydrogen) atoms. The van der Waals surface area contributed by atoms with Gasteiger partial charge in [0.05, 0.1) is 0 Å². The molecule has 0 bridgehead atoms. The van der Waals surface area contributed by atoms with Gasteiger partial charge in [0.1, 0.15) is 0 Å². The highest BCUT2D eigenvalue weighted by atomic mass is 79.9. The molecular formula is C11H9BrCl2N4. The SMILES string of the molecule is Cc1cc(Br)cc(C)c1Nc1nc(Cl)nnc1Cl. The lowest BCUT2D eigenvalue weighted by atomic mass is 10.1. The second-order valence-corrected chi connectivity index (χ2v) is 5.37. The molecule has 1 aromatic carbocycles. The molecule has 94 valence electrons. The van der Waals surface area contributed by atoms with Crippen LogP contribution in [-0.2, 0) is 0 Å². The van der Waals surface area contributed by atoms with Gasteiger partial charge in [-0.2, -0.15) is 4.98 Å². The summed E-state index contributed by atoms with van der Waals surface area (Å²) in [4.78, 5) is 4.01. The lowest BCUT2D eigenvalue weighted by molar-refractivity contribution is 0.974. The van der Waals surface area contributed by atoms with E-state index in [0.29, 0.717) is 5.82 Å². The fraction of sp³-hybridized carbons (Fsp3) is 0.182. The first-order valence-electron chi connectivity index (χ1n) is 5.07. The van der Waals surface area contributed by atoms with Gasteiger partial charge >= 0.3 is 0 Å². The summed E-state index contributed by atoms with van der Waals surface area (Å²) < 4.78 is 1.02. The lowest BCUT2D eigenvalue weighted by Gasteiger charge is -2.13. The highest BCUT2D eigenvalue weighted by molar-refractivity contribution is 9.10. The third-order valence-electron chi connectivity index (χ3n) is 2.36. The first-order chi connectivity index (χ1) is 8.47. The van der Waals surface area contributed by atoms with Crippen LogP contribution in [0.5, 0.6) is 0 Å². The van der Waals surface area contributed by atoms with Crippen LogP contribution in [-0.4, -0.2) is 15.2 Å². The Balaban J connectivity index is 2.43. The predicted molar refractivity (Wildman–Crippen MR) is 76.7 cm³/mol. The van der Waals surface area contributed by atoms with Crippen molar-refractivity contribution in [2.45, 2.75) is 13.8 Å². The smallest absolute Gasteiger partial charge is 0.245 e. The second-order valence-electron chi connectivity index (χ2n) is 3.76. The summed E-state index contributed by atoms with van der Waals surface area (Å²) in [6.07, 6.45) is 0. The van der Waals surface area contributed by atoms with Crippen LogP contribution in [0.2, 0.25) is 10.4 Å². The molecule has 1 heterocycles. The minimum absolute atomic E-state index is 0.0503. The van der Waals surface area contributed by atoms with E-state index in [0.717, 1.165) is 21.3 Å². The van der Waals surface area contributed by atoms with Crippen LogP contribution in [0.4, 0.5) is 11.5 Å². The van der Waals surface area contributed by atoms with Crippen LogP contribution < -0.4 is 5.32 Å². The number of anilines is 2. The van der Waals surface area contributed by atoms with Gasteiger partial charge < -0.3 is 5.32 Å². The summed E-state index contributed by atoms with van der Waals surface area (Å²) in [6, 6.07) is 4.00. The molecule has 0 aliphatic heterocycles. The first-order valence-corrected chi connectivity index (χ1v) is 6.62. The molecule has 1 aromatic heterocycles. The number of halogens is 3. The number of hydrogen-bond donors (Lipinski definition) is 1. The quantitative estimate of drug-likeness (QED) is 0.879. The van der Waals surface area contributed by atoms with E-state index in [1.807, 2.05) is 26.0 Å². The first kappa shape index (κ1) is 13.5. The molecule has 0 saturated carbocycles. The summed E-state index contributed by atoms with van der Waals surface area (Å²) in [5, 5.41) is 10.6. The zero-order valence-electron chi connectivity index (χ0n) is 9.63. The van der Waals surface area contributed by atoms with E-state index in [-0.39, 0.29) is 10.4 Å². The molecule has 7 heteroatoms. The summed E-state index contributed by atoms with van der Waals surface area (Å²) in [7, 11) is 0. The Hall–Kier alpha value is -0.910. The number of benzene rings is 1. The van der Waals surface area contributed by atoms with Gasteiger partial charge in [0, 0.05) is 10.2 Å². The Morgan fingerprint density at radius 3 is 2.33 bits per heavy atom. The van der Waals surface area contributed by atoms with Gasteiger partial charge in [0.15, 0.2) is 11.0 Å². The maximum atomic E-state index is 5.92. The zero-order valence-corrected chi connectivity index (χ0v) is 12.7. The maximum absolute atomic E-state index is 5.92. The molecule has 2 rings (SSSR count). The number of aromatic nitrogens is 3. The van der Waals surface area contributed by atoms with Gasteiger partial charge in [-0.1, -0.05) is 27.5 Å². The van der Waals surface area contributed by atoms with Gasteiger partial charge in [-0.15, -0.1) is 10.2 Å². The highest BCUT2D eigenvalue weighted by Crippen LogP contribution is 2.29. The lowest BCUT2D eigenvalue weighted by Crippen LogP contribution is -2.02. The van der Waals surface area contributed by atoms with Crippen LogP contribution in [0.1, 0.15) is 11.1 Å². The van der Waals surface area contributed by atoms with Crippen molar-refractivity contribution in [1.29, 1.82) is 0 Å². The fourth-order valence-electron chi connectivity index (χ4n) is 1.60. The number of rotatable bonds is 2. The zero-order chi connectivity index (χ0) is 13.3. The number of nitrogens with one attached hydrogen (secondary N) is 1. The third-order valence-corrected chi connectivity index (χ3v) is 3.23. The minimum atomic E-state index is 0.0503.